The molecule has 1 saturated heterocycles. The fraction of sp³-hybridized carbons (Fsp3) is 0.571. The average Bonchev–Trinajstić information content (AvgIpc) is 2.75. The first kappa shape index (κ1) is 11.6. The Morgan fingerprint density at radius 2 is 2.06 bits per heavy atom. The molecular formula is C14H22N2. The van der Waals surface area contributed by atoms with Crippen LogP contribution in [0.5, 0.6) is 0 Å². The molecule has 0 aromatic heterocycles. The molecule has 1 aromatic rings. The van der Waals surface area contributed by atoms with Crippen molar-refractivity contribution in [2.75, 3.05) is 19.6 Å². The zero-order valence-electron chi connectivity index (χ0n) is 10.2. The van der Waals surface area contributed by atoms with E-state index in [2.05, 4.69) is 36.1 Å². The number of hydrogen-bond donors (Lipinski definition) is 1. The molecular weight excluding hydrogens is 196 g/mol. The van der Waals surface area contributed by atoms with E-state index in [9.17, 15) is 0 Å². The first-order valence-corrected chi connectivity index (χ1v) is 6.32. The third-order valence-electron chi connectivity index (χ3n) is 3.48. The van der Waals surface area contributed by atoms with Crippen LogP contribution >= 0.6 is 0 Å². The zero-order chi connectivity index (χ0) is 11.4. The summed E-state index contributed by atoms with van der Waals surface area (Å²) in [5.74, 6) is 0. The van der Waals surface area contributed by atoms with Crippen LogP contribution in [0.15, 0.2) is 24.3 Å². The minimum atomic E-state index is 0.632. The Labute approximate surface area is 98.4 Å². The molecule has 1 unspecified atom stereocenters. The Bertz CT molecular complexity index is 318. The minimum absolute atomic E-state index is 0.632. The molecule has 2 nitrogen and oxygen atoms in total. The van der Waals surface area contributed by atoms with Gasteiger partial charge in [0.2, 0.25) is 0 Å². The first-order valence-electron chi connectivity index (χ1n) is 6.32. The smallest absolute Gasteiger partial charge is 0.0348 e. The molecule has 1 atom stereocenters. The van der Waals surface area contributed by atoms with Gasteiger partial charge >= 0.3 is 0 Å². The second-order valence-electron chi connectivity index (χ2n) is 4.75. The Kier molecular flexibility index (Phi) is 3.97. The lowest BCUT2D eigenvalue weighted by molar-refractivity contribution is 0.255. The van der Waals surface area contributed by atoms with E-state index in [0.29, 0.717) is 6.04 Å². The summed E-state index contributed by atoms with van der Waals surface area (Å²) >= 11 is 0. The summed E-state index contributed by atoms with van der Waals surface area (Å²) in [7, 11) is 0. The fourth-order valence-electron chi connectivity index (χ4n) is 2.55. The van der Waals surface area contributed by atoms with Gasteiger partial charge in [0.25, 0.3) is 0 Å². The Balaban J connectivity index is 2.04. The minimum Gasteiger partial charge on any atom is -0.330 e. The Morgan fingerprint density at radius 1 is 1.31 bits per heavy atom. The highest BCUT2D eigenvalue weighted by Crippen LogP contribution is 2.31. The van der Waals surface area contributed by atoms with E-state index in [1.807, 2.05) is 0 Å². The summed E-state index contributed by atoms with van der Waals surface area (Å²) in [5.41, 5.74) is 8.40. The van der Waals surface area contributed by atoms with Crippen LogP contribution in [-0.4, -0.2) is 24.5 Å². The van der Waals surface area contributed by atoms with Crippen molar-refractivity contribution < 1.29 is 0 Å². The van der Waals surface area contributed by atoms with Crippen LogP contribution in [-0.2, 0) is 0 Å². The zero-order valence-corrected chi connectivity index (χ0v) is 10.2. The van der Waals surface area contributed by atoms with Crippen molar-refractivity contribution in [3.8, 4) is 0 Å². The van der Waals surface area contributed by atoms with E-state index in [0.717, 1.165) is 19.5 Å². The van der Waals surface area contributed by atoms with E-state index in [1.54, 1.807) is 0 Å². The molecule has 0 amide bonds. The van der Waals surface area contributed by atoms with Crippen LogP contribution < -0.4 is 5.73 Å². The van der Waals surface area contributed by atoms with Crippen molar-refractivity contribution >= 4 is 0 Å². The molecule has 16 heavy (non-hydrogen) atoms. The molecule has 1 heterocycles. The second-order valence-corrected chi connectivity index (χ2v) is 4.75. The lowest BCUT2D eigenvalue weighted by atomic mass is 10.0. The molecule has 0 spiro atoms. The van der Waals surface area contributed by atoms with Gasteiger partial charge < -0.3 is 5.73 Å². The monoisotopic (exact) mass is 218 g/mol. The number of aryl methyl sites for hydroxylation is 1. The summed E-state index contributed by atoms with van der Waals surface area (Å²) in [6.07, 6.45) is 3.74. The van der Waals surface area contributed by atoms with Crippen LogP contribution in [0.4, 0.5) is 0 Å². The van der Waals surface area contributed by atoms with Gasteiger partial charge in [-0.3, -0.25) is 4.90 Å². The highest BCUT2D eigenvalue weighted by molar-refractivity contribution is 5.24. The van der Waals surface area contributed by atoms with Crippen molar-refractivity contribution in [1.29, 1.82) is 0 Å². The quantitative estimate of drug-likeness (QED) is 0.841. The van der Waals surface area contributed by atoms with Gasteiger partial charge in [-0.15, -0.1) is 0 Å². The van der Waals surface area contributed by atoms with Gasteiger partial charge in [-0.05, 0) is 51.4 Å². The van der Waals surface area contributed by atoms with Crippen molar-refractivity contribution in [3.63, 3.8) is 0 Å². The lowest BCUT2D eigenvalue weighted by Gasteiger charge is -2.24. The van der Waals surface area contributed by atoms with Gasteiger partial charge in [0.15, 0.2) is 0 Å². The van der Waals surface area contributed by atoms with Crippen LogP contribution in [0.25, 0.3) is 0 Å². The highest BCUT2D eigenvalue weighted by atomic mass is 15.2. The SMILES string of the molecule is Cc1ccc(C2CCCN2CCCN)cc1. The van der Waals surface area contributed by atoms with Gasteiger partial charge in [-0.2, -0.15) is 0 Å². The number of likely N-dealkylation sites (tertiary alicyclic amines) is 1. The van der Waals surface area contributed by atoms with Gasteiger partial charge in [0.05, 0.1) is 0 Å². The molecule has 0 bridgehead atoms. The third kappa shape index (κ3) is 2.63. The Hall–Kier alpha value is -0.860. The molecule has 88 valence electrons. The third-order valence-corrected chi connectivity index (χ3v) is 3.48. The molecule has 0 saturated carbocycles. The van der Waals surface area contributed by atoms with Gasteiger partial charge in [-0.1, -0.05) is 29.8 Å². The fourth-order valence-corrected chi connectivity index (χ4v) is 2.55. The highest BCUT2D eigenvalue weighted by Gasteiger charge is 2.24. The molecule has 2 heteroatoms. The van der Waals surface area contributed by atoms with E-state index >= 15 is 0 Å². The average molecular weight is 218 g/mol. The number of benzene rings is 1. The normalized spacial score (nSPS) is 21.5. The van der Waals surface area contributed by atoms with Crippen LogP contribution in [0.3, 0.4) is 0 Å². The van der Waals surface area contributed by atoms with E-state index in [4.69, 9.17) is 5.73 Å². The molecule has 1 fully saturated rings. The lowest BCUT2D eigenvalue weighted by Crippen LogP contribution is -2.25. The maximum Gasteiger partial charge on any atom is 0.0348 e. The first-order chi connectivity index (χ1) is 7.81. The summed E-state index contributed by atoms with van der Waals surface area (Å²) in [5, 5.41) is 0. The molecule has 0 aliphatic carbocycles. The van der Waals surface area contributed by atoms with Crippen LogP contribution in [0.1, 0.15) is 36.4 Å². The Morgan fingerprint density at radius 3 is 2.75 bits per heavy atom. The van der Waals surface area contributed by atoms with Crippen molar-refractivity contribution in [3.05, 3.63) is 35.4 Å². The van der Waals surface area contributed by atoms with Crippen LogP contribution in [0.2, 0.25) is 0 Å². The van der Waals surface area contributed by atoms with Gasteiger partial charge in [0, 0.05) is 6.04 Å². The molecule has 1 aliphatic rings. The van der Waals surface area contributed by atoms with Crippen molar-refractivity contribution in [2.45, 2.75) is 32.2 Å². The second kappa shape index (κ2) is 5.46. The maximum absolute atomic E-state index is 5.58. The number of rotatable bonds is 4. The summed E-state index contributed by atoms with van der Waals surface area (Å²) in [6, 6.07) is 9.62. The van der Waals surface area contributed by atoms with E-state index < -0.39 is 0 Å². The molecule has 1 aromatic carbocycles. The summed E-state index contributed by atoms with van der Waals surface area (Å²) < 4.78 is 0. The number of nitrogens with two attached hydrogens (primary N) is 1. The van der Waals surface area contributed by atoms with E-state index in [1.165, 1.54) is 30.5 Å². The number of nitrogens with zero attached hydrogens (tertiary/aromatic N) is 1. The molecule has 1 aliphatic heterocycles. The van der Waals surface area contributed by atoms with Gasteiger partial charge in [0.1, 0.15) is 0 Å². The van der Waals surface area contributed by atoms with Crippen LogP contribution in [0, 0.1) is 6.92 Å². The summed E-state index contributed by atoms with van der Waals surface area (Å²) in [6.45, 7) is 5.33. The van der Waals surface area contributed by atoms with Gasteiger partial charge in [-0.25, -0.2) is 0 Å². The van der Waals surface area contributed by atoms with Crippen molar-refractivity contribution in [1.82, 2.24) is 4.90 Å². The molecule has 2 rings (SSSR count). The van der Waals surface area contributed by atoms with E-state index in [-0.39, 0.29) is 0 Å². The van der Waals surface area contributed by atoms with Crippen molar-refractivity contribution in [2.24, 2.45) is 5.73 Å². The summed E-state index contributed by atoms with van der Waals surface area (Å²) in [4.78, 5) is 2.58. The molecule has 0 radical (unpaired) electrons. The predicted molar refractivity (Wildman–Crippen MR) is 68.4 cm³/mol. The predicted octanol–water partition coefficient (Wildman–Crippen LogP) is 2.48. The topological polar surface area (TPSA) is 29.3 Å². The number of hydrogen-bond acceptors (Lipinski definition) is 2. The maximum atomic E-state index is 5.58. The standard InChI is InChI=1S/C14H22N2/c1-12-5-7-13(8-6-12)14-4-2-10-16(14)11-3-9-15/h5-8,14H,2-4,9-11,15H2,1H3. The largest absolute Gasteiger partial charge is 0.330 e. The molecule has 2 N–H and O–H groups in total.